The highest BCUT2D eigenvalue weighted by molar-refractivity contribution is 6.24. The van der Waals surface area contributed by atoms with Crippen LogP contribution in [-0.4, -0.2) is 4.98 Å². The zero-order valence-electron chi connectivity index (χ0n) is 26.7. The first-order chi connectivity index (χ1) is 24.3. The van der Waals surface area contributed by atoms with Gasteiger partial charge in [0.1, 0.15) is 0 Å². The van der Waals surface area contributed by atoms with Crippen LogP contribution in [0, 0.1) is 0 Å². The minimum absolute atomic E-state index is 0.478. The molecule has 0 radical (unpaired) electrons. The number of rotatable bonds is 2. The van der Waals surface area contributed by atoms with Gasteiger partial charge in [0, 0.05) is 11.8 Å². The van der Waals surface area contributed by atoms with Gasteiger partial charge in [0.05, 0.1) is 11.1 Å². The van der Waals surface area contributed by atoms with E-state index in [-0.39, 0.29) is 0 Å². The Morgan fingerprint density at radius 3 is 1.51 bits per heavy atom. The molecule has 11 rings (SSSR count). The van der Waals surface area contributed by atoms with Crippen LogP contribution in [0.1, 0.15) is 22.3 Å². The van der Waals surface area contributed by atoms with Crippen LogP contribution in [0.4, 0.5) is 0 Å². The number of aromatic nitrogens is 1. The molecule has 1 heteroatoms. The predicted molar refractivity (Wildman–Crippen MR) is 204 cm³/mol. The van der Waals surface area contributed by atoms with E-state index in [4.69, 9.17) is 0 Å². The average molecular weight is 620 g/mol. The van der Waals surface area contributed by atoms with E-state index in [2.05, 4.69) is 163 Å². The molecule has 0 bridgehead atoms. The molecule has 49 heavy (non-hydrogen) atoms. The van der Waals surface area contributed by atoms with E-state index in [0.717, 1.165) is 11.3 Å². The number of hydrogen-bond donors (Lipinski definition) is 0. The maximum atomic E-state index is 4.61. The van der Waals surface area contributed by atoms with Crippen molar-refractivity contribution in [3.63, 3.8) is 0 Å². The summed E-state index contributed by atoms with van der Waals surface area (Å²) in [5, 5.41) is 7.81. The highest BCUT2D eigenvalue weighted by Gasteiger charge is 2.53. The molecule has 0 N–H and O–H groups in total. The van der Waals surface area contributed by atoms with Crippen molar-refractivity contribution in [2.75, 3.05) is 0 Å². The first-order valence-corrected chi connectivity index (χ1v) is 17.1. The van der Waals surface area contributed by atoms with E-state index in [1.807, 2.05) is 18.3 Å². The van der Waals surface area contributed by atoms with Gasteiger partial charge in [-0.05, 0) is 106 Å². The van der Waals surface area contributed by atoms with Gasteiger partial charge >= 0.3 is 0 Å². The fourth-order valence-corrected chi connectivity index (χ4v) is 9.25. The molecule has 226 valence electrons. The fraction of sp³-hybridized carbons (Fsp3) is 0.0208. The zero-order chi connectivity index (χ0) is 32.1. The van der Waals surface area contributed by atoms with Crippen LogP contribution in [-0.2, 0) is 5.41 Å². The van der Waals surface area contributed by atoms with Gasteiger partial charge in [-0.2, -0.15) is 0 Å². The molecule has 2 aliphatic rings. The normalized spacial score (nSPS) is 13.5. The van der Waals surface area contributed by atoms with Crippen LogP contribution in [0.25, 0.3) is 77.0 Å². The Bertz CT molecular complexity index is 2760. The topological polar surface area (TPSA) is 12.9 Å². The molecule has 0 saturated carbocycles. The number of fused-ring (bicyclic) bond motifs is 17. The summed E-state index contributed by atoms with van der Waals surface area (Å²) >= 11 is 0. The minimum Gasteiger partial charge on any atom is -0.256 e. The van der Waals surface area contributed by atoms with Crippen molar-refractivity contribution >= 4 is 32.3 Å². The van der Waals surface area contributed by atoms with Gasteiger partial charge in [-0.15, -0.1) is 0 Å². The zero-order valence-corrected chi connectivity index (χ0v) is 26.7. The van der Waals surface area contributed by atoms with Crippen molar-refractivity contribution in [3.8, 4) is 44.6 Å². The van der Waals surface area contributed by atoms with Crippen LogP contribution in [0.2, 0.25) is 0 Å². The number of pyridine rings is 1. The number of nitrogens with zero attached hydrogens (tertiary/aromatic N) is 1. The van der Waals surface area contributed by atoms with E-state index in [1.54, 1.807) is 0 Å². The molecule has 1 nitrogen and oxygen atoms in total. The van der Waals surface area contributed by atoms with Crippen molar-refractivity contribution in [1.82, 2.24) is 4.98 Å². The number of benzene rings is 8. The van der Waals surface area contributed by atoms with E-state index in [1.165, 1.54) is 88.0 Å². The maximum Gasteiger partial charge on any atom is 0.0732 e. The summed E-state index contributed by atoms with van der Waals surface area (Å²) < 4.78 is 0. The van der Waals surface area contributed by atoms with Gasteiger partial charge in [0.25, 0.3) is 0 Å². The molecular weight excluding hydrogens is 591 g/mol. The fourth-order valence-electron chi connectivity index (χ4n) is 9.25. The van der Waals surface area contributed by atoms with E-state index in [9.17, 15) is 0 Å². The second-order valence-electron chi connectivity index (χ2n) is 13.4. The van der Waals surface area contributed by atoms with Crippen molar-refractivity contribution in [1.29, 1.82) is 0 Å². The van der Waals surface area contributed by atoms with Crippen molar-refractivity contribution in [3.05, 3.63) is 198 Å². The van der Waals surface area contributed by atoms with Crippen LogP contribution in [0.5, 0.6) is 0 Å². The molecule has 0 unspecified atom stereocenters. The second-order valence-corrected chi connectivity index (χ2v) is 13.4. The molecular formula is C48H29N. The Morgan fingerprint density at radius 2 is 0.857 bits per heavy atom. The first kappa shape index (κ1) is 26.7. The molecule has 9 aromatic rings. The molecule has 8 aromatic carbocycles. The van der Waals surface area contributed by atoms with Gasteiger partial charge in [-0.3, -0.25) is 4.98 Å². The van der Waals surface area contributed by atoms with Gasteiger partial charge in [-0.25, -0.2) is 0 Å². The van der Waals surface area contributed by atoms with Gasteiger partial charge in [0.15, 0.2) is 0 Å². The monoisotopic (exact) mass is 619 g/mol. The lowest BCUT2D eigenvalue weighted by molar-refractivity contribution is 0.803. The lowest BCUT2D eigenvalue weighted by Crippen LogP contribution is -2.26. The van der Waals surface area contributed by atoms with Crippen LogP contribution < -0.4 is 0 Å². The summed E-state index contributed by atoms with van der Waals surface area (Å²) in [5.74, 6) is 0. The van der Waals surface area contributed by atoms with Gasteiger partial charge in [0.2, 0.25) is 0 Å². The lowest BCUT2D eigenvalue weighted by atomic mass is 9.68. The van der Waals surface area contributed by atoms with Crippen molar-refractivity contribution < 1.29 is 0 Å². The van der Waals surface area contributed by atoms with Crippen molar-refractivity contribution in [2.45, 2.75) is 5.41 Å². The summed E-state index contributed by atoms with van der Waals surface area (Å²) in [6.07, 6.45) is 1.86. The van der Waals surface area contributed by atoms with E-state index < -0.39 is 5.41 Å². The summed E-state index contributed by atoms with van der Waals surface area (Å²) in [4.78, 5) is 4.61. The Kier molecular flexibility index (Phi) is 5.38. The standard InChI is InChI=1S/C48H29N/c1-5-19-38-32(13-1)33-14-3-6-20-39(33)47-46(38)45-37-18-4-2-15-34(37)40(30-24-26-31(27-25-30)44-23-11-12-28-49-44)29-43(45)48(47)41-21-9-7-16-35(41)36-17-8-10-22-42(36)48/h1-29H. The highest BCUT2D eigenvalue weighted by Crippen LogP contribution is 2.66. The summed E-state index contributed by atoms with van der Waals surface area (Å²) in [6.45, 7) is 0. The SMILES string of the molecule is c1ccc(-c2ccc(-c3cc4c(c5ccccc35)-c3c(c5ccccc5c5ccccc35)C43c4ccccc4-c4ccccc43)cc2)nc1. The van der Waals surface area contributed by atoms with Crippen molar-refractivity contribution in [2.24, 2.45) is 0 Å². The molecule has 0 saturated heterocycles. The smallest absolute Gasteiger partial charge is 0.0732 e. The Morgan fingerprint density at radius 1 is 0.347 bits per heavy atom. The predicted octanol–water partition coefficient (Wildman–Crippen LogP) is 12.2. The minimum atomic E-state index is -0.478. The molecule has 1 heterocycles. The number of hydrogen-bond acceptors (Lipinski definition) is 1. The van der Waals surface area contributed by atoms with E-state index in [0.29, 0.717) is 0 Å². The third kappa shape index (κ3) is 3.41. The van der Waals surface area contributed by atoms with E-state index >= 15 is 0 Å². The third-order valence-corrected chi connectivity index (χ3v) is 11.1. The highest BCUT2D eigenvalue weighted by atomic mass is 14.7. The molecule has 1 aromatic heterocycles. The first-order valence-electron chi connectivity index (χ1n) is 17.1. The Balaban J connectivity index is 1.34. The van der Waals surface area contributed by atoms with Gasteiger partial charge in [-0.1, -0.05) is 152 Å². The molecule has 2 aliphatic carbocycles. The third-order valence-electron chi connectivity index (χ3n) is 11.1. The Hall–Kier alpha value is -6.31. The summed E-state index contributed by atoms with van der Waals surface area (Å²) in [6, 6.07) is 63.0. The lowest BCUT2D eigenvalue weighted by Gasteiger charge is -2.32. The maximum absolute atomic E-state index is 4.61. The quantitative estimate of drug-likeness (QED) is 0.175. The van der Waals surface area contributed by atoms with Crippen LogP contribution in [0.3, 0.4) is 0 Å². The summed E-state index contributed by atoms with van der Waals surface area (Å²) in [7, 11) is 0. The molecule has 1 spiro atoms. The molecule has 0 atom stereocenters. The molecule has 0 aliphatic heterocycles. The molecule has 0 fully saturated rings. The summed E-state index contributed by atoms with van der Waals surface area (Å²) in [5.41, 5.74) is 15.0. The molecule has 0 amide bonds. The largest absolute Gasteiger partial charge is 0.256 e. The van der Waals surface area contributed by atoms with Gasteiger partial charge < -0.3 is 0 Å². The van der Waals surface area contributed by atoms with Crippen LogP contribution >= 0.6 is 0 Å². The van der Waals surface area contributed by atoms with Crippen LogP contribution in [0.15, 0.2) is 176 Å². The average Bonchev–Trinajstić information content (AvgIpc) is 3.66. The second kappa shape index (κ2) is 9.86. The Labute approximate surface area is 284 Å².